The number of nitro groups is 2. The van der Waals surface area contributed by atoms with Gasteiger partial charge in [0.15, 0.2) is 0 Å². The lowest BCUT2D eigenvalue weighted by Gasteiger charge is -2.06. The molecule has 0 aliphatic carbocycles. The topological polar surface area (TPSA) is 142 Å². The molecule has 0 atom stereocenters. The largest absolute Gasteiger partial charge is 0.384 e. The summed E-state index contributed by atoms with van der Waals surface area (Å²) in [5.41, 5.74) is 5.90. The van der Waals surface area contributed by atoms with Crippen LogP contribution in [0.3, 0.4) is 0 Å². The van der Waals surface area contributed by atoms with Gasteiger partial charge in [0.05, 0.1) is 22.1 Å². The first-order valence-corrected chi connectivity index (χ1v) is 5.83. The molecule has 2 rings (SSSR count). The van der Waals surface area contributed by atoms with Crippen molar-refractivity contribution < 1.29 is 9.85 Å². The summed E-state index contributed by atoms with van der Waals surface area (Å²) in [6, 6.07) is 3.40. The fourth-order valence-electron chi connectivity index (χ4n) is 1.75. The van der Waals surface area contributed by atoms with Crippen LogP contribution in [-0.4, -0.2) is 19.6 Å². The second-order valence-electron chi connectivity index (χ2n) is 4.25. The molecular weight excluding hydrogens is 280 g/mol. The molecule has 110 valence electrons. The number of rotatable bonds is 5. The third-order valence-electron chi connectivity index (χ3n) is 2.92. The zero-order valence-electron chi connectivity index (χ0n) is 11.0. The van der Waals surface area contributed by atoms with Gasteiger partial charge < -0.3 is 11.1 Å². The predicted molar refractivity (Wildman–Crippen MR) is 74.7 cm³/mol. The van der Waals surface area contributed by atoms with E-state index in [1.165, 1.54) is 16.8 Å². The van der Waals surface area contributed by atoms with E-state index in [0.29, 0.717) is 11.4 Å². The molecule has 0 bridgehead atoms. The number of nitrogens with two attached hydrogens (primary N) is 1. The van der Waals surface area contributed by atoms with Crippen molar-refractivity contribution in [1.29, 1.82) is 0 Å². The van der Waals surface area contributed by atoms with Gasteiger partial charge in [0.1, 0.15) is 11.5 Å². The standard InChI is InChI=1S/C11H12N6O4/c1-15-11(12)7(6-14-15)5-13-9-3-2-8(16(18)19)4-10(9)17(20)21/h2-4,6,13H,5,12H2,1H3. The molecule has 0 amide bonds. The lowest BCUT2D eigenvalue weighted by molar-refractivity contribution is -0.393. The molecule has 0 saturated heterocycles. The summed E-state index contributed by atoms with van der Waals surface area (Å²) >= 11 is 0. The smallest absolute Gasteiger partial charge is 0.299 e. The van der Waals surface area contributed by atoms with Crippen LogP contribution >= 0.6 is 0 Å². The van der Waals surface area contributed by atoms with E-state index in [-0.39, 0.29) is 23.6 Å². The molecule has 1 aromatic heterocycles. The summed E-state index contributed by atoms with van der Waals surface area (Å²) < 4.78 is 1.47. The van der Waals surface area contributed by atoms with Crippen LogP contribution < -0.4 is 11.1 Å². The maximum atomic E-state index is 11.0. The summed E-state index contributed by atoms with van der Waals surface area (Å²) in [6.45, 7) is 0.221. The number of nitro benzene ring substituents is 2. The molecule has 0 aliphatic rings. The highest BCUT2D eigenvalue weighted by atomic mass is 16.6. The number of non-ortho nitro benzene ring substituents is 1. The van der Waals surface area contributed by atoms with Gasteiger partial charge in [-0.1, -0.05) is 0 Å². The number of hydrogen-bond donors (Lipinski definition) is 2. The van der Waals surface area contributed by atoms with Crippen LogP contribution in [0.5, 0.6) is 0 Å². The Kier molecular flexibility index (Phi) is 3.69. The lowest BCUT2D eigenvalue weighted by atomic mass is 10.2. The molecule has 0 saturated carbocycles. The van der Waals surface area contributed by atoms with Crippen LogP contribution in [0, 0.1) is 20.2 Å². The van der Waals surface area contributed by atoms with Crippen molar-refractivity contribution in [3.05, 3.63) is 50.2 Å². The highest BCUT2D eigenvalue weighted by Gasteiger charge is 2.19. The van der Waals surface area contributed by atoms with Gasteiger partial charge in [-0.15, -0.1) is 0 Å². The van der Waals surface area contributed by atoms with Gasteiger partial charge in [0, 0.05) is 25.2 Å². The quantitative estimate of drug-likeness (QED) is 0.626. The summed E-state index contributed by atoms with van der Waals surface area (Å²) in [7, 11) is 1.67. The first kappa shape index (κ1) is 14.2. The molecule has 0 unspecified atom stereocenters. The summed E-state index contributed by atoms with van der Waals surface area (Å²) in [6.07, 6.45) is 1.54. The Bertz CT molecular complexity index is 711. The summed E-state index contributed by atoms with van der Waals surface area (Å²) in [4.78, 5) is 20.3. The van der Waals surface area contributed by atoms with Crippen molar-refractivity contribution in [3.8, 4) is 0 Å². The van der Waals surface area contributed by atoms with Crippen molar-refractivity contribution >= 4 is 22.9 Å². The summed E-state index contributed by atoms with van der Waals surface area (Å²) in [5, 5.41) is 28.4. The van der Waals surface area contributed by atoms with Gasteiger partial charge in [-0.2, -0.15) is 5.10 Å². The van der Waals surface area contributed by atoms with Crippen molar-refractivity contribution in [3.63, 3.8) is 0 Å². The minimum absolute atomic E-state index is 0.175. The summed E-state index contributed by atoms with van der Waals surface area (Å²) in [5.74, 6) is 0.437. The van der Waals surface area contributed by atoms with E-state index in [1.54, 1.807) is 13.2 Å². The number of aryl methyl sites for hydroxylation is 1. The monoisotopic (exact) mass is 292 g/mol. The van der Waals surface area contributed by atoms with Gasteiger partial charge in [-0.25, -0.2) is 0 Å². The van der Waals surface area contributed by atoms with Crippen LogP contribution in [0.4, 0.5) is 22.9 Å². The molecule has 0 spiro atoms. The van der Waals surface area contributed by atoms with E-state index in [9.17, 15) is 20.2 Å². The average Bonchev–Trinajstić information content (AvgIpc) is 2.76. The van der Waals surface area contributed by atoms with Crippen molar-refractivity contribution in [2.24, 2.45) is 7.05 Å². The second-order valence-corrected chi connectivity index (χ2v) is 4.25. The van der Waals surface area contributed by atoms with E-state index in [4.69, 9.17) is 5.73 Å². The van der Waals surface area contributed by atoms with E-state index in [1.807, 2.05) is 0 Å². The van der Waals surface area contributed by atoms with Crippen LogP contribution in [0.25, 0.3) is 0 Å². The molecule has 10 nitrogen and oxygen atoms in total. The van der Waals surface area contributed by atoms with Crippen molar-refractivity contribution in [2.75, 3.05) is 11.1 Å². The van der Waals surface area contributed by atoms with E-state index in [0.717, 1.165) is 6.07 Å². The highest BCUT2D eigenvalue weighted by molar-refractivity contribution is 5.65. The van der Waals surface area contributed by atoms with Gasteiger partial charge in [0.25, 0.3) is 11.4 Å². The van der Waals surface area contributed by atoms with Crippen LogP contribution in [-0.2, 0) is 13.6 Å². The van der Waals surface area contributed by atoms with Crippen LogP contribution in [0.15, 0.2) is 24.4 Å². The predicted octanol–water partition coefficient (Wildman–Crippen LogP) is 1.43. The van der Waals surface area contributed by atoms with Gasteiger partial charge in [-0.05, 0) is 6.07 Å². The highest BCUT2D eigenvalue weighted by Crippen LogP contribution is 2.29. The Labute approximate surface area is 118 Å². The zero-order valence-corrected chi connectivity index (χ0v) is 11.0. The Morgan fingerprint density at radius 3 is 2.57 bits per heavy atom. The van der Waals surface area contributed by atoms with Crippen molar-refractivity contribution in [2.45, 2.75) is 6.54 Å². The molecule has 2 aromatic rings. The number of nitrogens with zero attached hydrogens (tertiary/aromatic N) is 4. The Balaban J connectivity index is 2.25. The molecule has 3 N–H and O–H groups in total. The second kappa shape index (κ2) is 5.45. The fourth-order valence-corrected chi connectivity index (χ4v) is 1.75. The first-order valence-electron chi connectivity index (χ1n) is 5.83. The third-order valence-corrected chi connectivity index (χ3v) is 2.92. The minimum atomic E-state index is -0.685. The van der Waals surface area contributed by atoms with Crippen LogP contribution in [0.1, 0.15) is 5.56 Å². The number of nitrogen functional groups attached to an aromatic ring is 1. The first-order chi connectivity index (χ1) is 9.90. The van der Waals surface area contributed by atoms with E-state index in [2.05, 4.69) is 10.4 Å². The van der Waals surface area contributed by atoms with E-state index >= 15 is 0 Å². The average molecular weight is 292 g/mol. The number of benzene rings is 1. The molecule has 0 aliphatic heterocycles. The lowest BCUT2D eigenvalue weighted by Crippen LogP contribution is -2.06. The molecular formula is C11H12N6O4. The third kappa shape index (κ3) is 2.88. The minimum Gasteiger partial charge on any atom is -0.384 e. The number of aromatic nitrogens is 2. The van der Waals surface area contributed by atoms with Gasteiger partial charge >= 0.3 is 0 Å². The number of hydrogen-bond acceptors (Lipinski definition) is 7. The number of anilines is 2. The van der Waals surface area contributed by atoms with E-state index < -0.39 is 9.85 Å². The Morgan fingerprint density at radius 1 is 1.33 bits per heavy atom. The molecule has 0 fully saturated rings. The van der Waals surface area contributed by atoms with Crippen molar-refractivity contribution in [1.82, 2.24) is 9.78 Å². The molecule has 10 heteroatoms. The maximum Gasteiger partial charge on any atom is 0.299 e. The van der Waals surface area contributed by atoms with Gasteiger partial charge in [0.2, 0.25) is 0 Å². The Morgan fingerprint density at radius 2 is 2.05 bits per heavy atom. The molecule has 21 heavy (non-hydrogen) atoms. The normalized spacial score (nSPS) is 10.3. The SMILES string of the molecule is Cn1ncc(CNc2ccc([N+](=O)[O-])cc2[N+](=O)[O-])c1N. The number of nitrogens with one attached hydrogen (secondary N) is 1. The van der Waals surface area contributed by atoms with Gasteiger partial charge in [-0.3, -0.25) is 24.9 Å². The Hall–Kier alpha value is -3.17. The fraction of sp³-hybridized carbons (Fsp3) is 0.182. The van der Waals surface area contributed by atoms with Crippen LogP contribution in [0.2, 0.25) is 0 Å². The maximum absolute atomic E-state index is 11.0. The zero-order chi connectivity index (χ0) is 15.6. The molecule has 0 radical (unpaired) electrons. The molecule has 1 heterocycles. The molecule has 1 aromatic carbocycles.